The molecule has 0 aliphatic carbocycles. The standard InChI is InChI=1S/C22H19N3O2/c1-2-27-22(26)11-16-9-10-25(15-16)21-14-23-13-20(24-21)19-8-7-17-5-3-4-6-18(17)12-19/h3-10,12-15H,2,11H2,1H3. The summed E-state index contributed by atoms with van der Waals surface area (Å²) in [6.07, 6.45) is 7.47. The molecule has 2 aromatic heterocycles. The van der Waals surface area contributed by atoms with Gasteiger partial charge in [0, 0.05) is 18.0 Å². The molecule has 2 heterocycles. The maximum absolute atomic E-state index is 11.6. The van der Waals surface area contributed by atoms with Crippen LogP contribution in [0.25, 0.3) is 27.8 Å². The molecule has 0 bridgehead atoms. The molecular formula is C22H19N3O2. The van der Waals surface area contributed by atoms with Crippen molar-refractivity contribution in [3.63, 3.8) is 0 Å². The van der Waals surface area contributed by atoms with Crippen molar-refractivity contribution in [3.05, 3.63) is 78.9 Å². The van der Waals surface area contributed by atoms with E-state index in [0.717, 1.165) is 16.8 Å². The number of carbonyl (C=O) groups excluding carboxylic acids is 1. The largest absolute Gasteiger partial charge is 0.466 e. The zero-order valence-electron chi connectivity index (χ0n) is 15.0. The maximum atomic E-state index is 11.6. The summed E-state index contributed by atoms with van der Waals surface area (Å²) < 4.78 is 6.86. The lowest BCUT2D eigenvalue weighted by atomic mass is 10.1. The summed E-state index contributed by atoms with van der Waals surface area (Å²) in [6.45, 7) is 2.19. The van der Waals surface area contributed by atoms with Crippen LogP contribution in [0.15, 0.2) is 73.3 Å². The molecule has 0 saturated heterocycles. The summed E-state index contributed by atoms with van der Waals surface area (Å²) in [6, 6.07) is 16.4. The lowest BCUT2D eigenvalue weighted by Crippen LogP contribution is -2.06. The van der Waals surface area contributed by atoms with Gasteiger partial charge in [-0.2, -0.15) is 0 Å². The summed E-state index contributed by atoms with van der Waals surface area (Å²) in [5.74, 6) is 0.474. The van der Waals surface area contributed by atoms with Gasteiger partial charge in [0.15, 0.2) is 5.82 Å². The number of hydrogen-bond donors (Lipinski definition) is 0. The van der Waals surface area contributed by atoms with Crippen LogP contribution in [0.5, 0.6) is 0 Å². The van der Waals surface area contributed by atoms with E-state index >= 15 is 0 Å². The number of rotatable bonds is 5. The van der Waals surface area contributed by atoms with Crippen molar-refractivity contribution in [2.75, 3.05) is 6.61 Å². The lowest BCUT2D eigenvalue weighted by Gasteiger charge is -2.06. The van der Waals surface area contributed by atoms with E-state index in [9.17, 15) is 4.79 Å². The van der Waals surface area contributed by atoms with Crippen LogP contribution in [-0.2, 0) is 16.0 Å². The fourth-order valence-corrected chi connectivity index (χ4v) is 3.03. The Labute approximate surface area is 157 Å². The third-order valence-corrected chi connectivity index (χ3v) is 4.34. The fourth-order valence-electron chi connectivity index (χ4n) is 3.03. The van der Waals surface area contributed by atoms with Gasteiger partial charge in [0.25, 0.3) is 0 Å². The van der Waals surface area contributed by atoms with Gasteiger partial charge in [-0.05, 0) is 35.4 Å². The van der Waals surface area contributed by atoms with E-state index in [4.69, 9.17) is 9.72 Å². The van der Waals surface area contributed by atoms with E-state index in [1.54, 1.807) is 19.3 Å². The Hall–Kier alpha value is -3.47. The molecule has 27 heavy (non-hydrogen) atoms. The molecule has 0 aliphatic rings. The molecule has 4 rings (SSSR count). The van der Waals surface area contributed by atoms with Crippen LogP contribution in [0.4, 0.5) is 0 Å². The second-order valence-electron chi connectivity index (χ2n) is 6.23. The first-order valence-corrected chi connectivity index (χ1v) is 8.87. The minimum Gasteiger partial charge on any atom is -0.466 e. The second-order valence-corrected chi connectivity index (χ2v) is 6.23. The van der Waals surface area contributed by atoms with Crippen LogP contribution in [0, 0.1) is 0 Å². The number of hydrogen-bond acceptors (Lipinski definition) is 4. The number of aromatic nitrogens is 3. The van der Waals surface area contributed by atoms with Crippen molar-refractivity contribution in [1.82, 2.24) is 14.5 Å². The number of esters is 1. The normalized spacial score (nSPS) is 10.9. The highest BCUT2D eigenvalue weighted by molar-refractivity contribution is 5.86. The smallest absolute Gasteiger partial charge is 0.310 e. The van der Waals surface area contributed by atoms with Crippen LogP contribution in [0.3, 0.4) is 0 Å². The molecule has 5 nitrogen and oxygen atoms in total. The Morgan fingerprint density at radius 2 is 1.93 bits per heavy atom. The van der Waals surface area contributed by atoms with E-state index in [1.807, 2.05) is 35.2 Å². The molecule has 0 spiro atoms. The van der Waals surface area contributed by atoms with Crippen molar-refractivity contribution in [2.45, 2.75) is 13.3 Å². The summed E-state index contributed by atoms with van der Waals surface area (Å²) in [5, 5.41) is 2.36. The van der Waals surface area contributed by atoms with Gasteiger partial charge < -0.3 is 9.30 Å². The topological polar surface area (TPSA) is 57.0 Å². The average Bonchev–Trinajstić information content (AvgIpc) is 3.16. The van der Waals surface area contributed by atoms with Crippen LogP contribution in [0.1, 0.15) is 12.5 Å². The molecular weight excluding hydrogens is 338 g/mol. The Morgan fingerprint density at radius 1 is 1.07 bits per heavy atom. The van der Waals surface area contributed by atoms with E-state index in [2.05, 4.69) is 35.3 Å². The molecule has 134 valence electrons. The maximum Gasteiger partial charge on any atom is 0.310 e. The van der Waals surface area contributed by atoms with E-state index in [0.29, 0.717) is 12.4 Å². The monoisotopic (exact) mass is 357 g/mol. The predicted molar refractivity (Wildman–Crippen MR) is 105 cm³/mol. The van der Waals surface area contributed by atoms with Crippen molar-refractivity contribution >= 4 is 16.7 Å². The van der Waals surface area contributed by atoms with E-state index < -0.39 is 0 Å². The number of fused-ring (bicyclic) bond motifs is 1. The molecule has 0 radical (unpaired) electrons. The van der Waals surface area contributed by atoms with Crippen molar-refractivity contribution in [2.24, 2.45) is 0 Å². The van der Waals surface area contributed by atoms with Gasteiger partial charge in [0.1, 0.15) is 0 Å². The number of benzene rings is 2. The zero-order valence-corrected chi connectivity index (χ0v) is 15.0. The average molecular weight is 357 g/mol. The van der Waals surface area contributed by atoms with Crippen LogP contribution >= 0.6 is 0 Å². The highest BCUT2D eigenvalue weighted by Gasteiger charge is 2.08. The van der Waals surface area contributed by atoms with Crippen LogP contribution in [0.2, 0.25) is 0 Å². The molecule has 0 saturated carbocycles. The van der Waals surface area contributed by atoms with Gasteiger partial charge in [-0.25, -0.2) is 4.98 Å². The predicted octanol–water partition coefficient (Wildman–Crippen LogP) is 4.19. The Bertz CT molecular complexity index is 1100. The van der Waals surface area contributed by atoms with Gasteiger partial charge in [0.05, 0.1) is 31.1 Å². The Morgan fingerprint density at radius 3 is 2.78 bits per heavy atom. The number of carbonyl (C=O) groups is 1. The summed E-state index contributed by atoms with van der Waals surface area (Å²) in [5.41, 5.74) is 2.70. The third-order valence-electron chi connectivity index (χ3n) is 4.34. The number of nitrogens with zero attached hydrogens (tertiary/aromatic N) is 3. The van der Waals surface area contributed by atoms with E-state index in [-0.39, 0.29) is 12.4 Å². The van der Waals surface area contributed by atoms with Gasteiger partial charge in [0.2, 0.25) is 0 Å². The lowest BCUT2D eigenvalue weighted by molar-refractivity contribution is -0.142. The zero-order chi connectivity index (χ0) is 18.6. The summed E-state index contributed by atoms with van der Waals surface area (Å²) >= 11 is 0. The minimum atomic E-state index is -0.230. The van der Waals surface area contributed by atoms with Crippen LogP contribution in [-0.4, -0.2) is 27.1 Å². The van der Waals surface area contributed by atoms with Gasteiger partial charge in [-0.3, -0.25) is 9.78 Å². The molecule has 0 fully saturated rings. The molecule has 5 heteroatoms. The summed E-state index contributed by atoms with van der Waals surface area (Å²) in [4.78, 5) is 20.7. The van der Waals surface area contributed by atoms with Gasteiger partial charge in [-0.1, -0.05) is 36.4 Å². The second kappa shape index (κ2) is 7.41. The van der Waals surface area contributed by atoms with Crippen molar-refractivity contribution in [3.8, 4) is 17.1 Å². The highest BCUT2D eigenvalue weighted by atomic mass is 16.5. The first-order chi connectivity index (χ1) is 13.2. The van der Waals surface area contributed by atoms with E-state index in [1.165, 1.54) is 10.8 Å². The van der Waals surface area contributed by atoms with Crippen LogP contribution < -0.4 is 0 Å². The summed E-state index contributed by atoms with van der Waals surface area (Å²) in [7, 11) is 0. The number of ether oxygens (including phenoxy) is 1. The van der Waals surface area contributed by atoms with Crippen molar-refractivity contribution in [1.29, 1.82) is 0 Å². The molecule has 0 N–H and O–H groups in total. The molecule has 0 atom stereocenters. The highest BCUT2D eigenvalue weighted by Crippen LogP contribution is 2.23. The quantitative estimate of drug-likeness (QED) is 0.503. The third kappa shape index (κ3) is 3.72. The van der Waals surface area contributed by atoms with Crippen molar-refractivity contribution < 1.29 is 9.53 Å². The SMILES string of the molecule is CCOC(=O)Cc1ccn(-c2cncc(-c3ccc4ccccc4c3)n2)c1. The molecule has 4 aromatic rings. The van der Waals surface area contributed by atoms with Gasteiger partial charge >= 0.3 is 5.97 Å². The first-order valence-electron chi connectivity index (χ1n) is 8.87. The minimum absolute atomic E-state index is 0.230. The molecule has 0 unspecified atom stereocenters. The molecule has 0 amide bonds. The van der Waals surface area contributed by atoms with Gasteiger partial charge in [-0.15, -0.1) is 0 Å². The first kappa shape index (κ1) is 17.0. The Kier molecular flexibility index (Phi) is 4.66. The Balaban J connectivity index is 1.62. The molecule has 0 aliphatic heterocycles. The molecule has 2 aromatic carbocycles. The fraction of sp³-hybridized carbons (Fsp3) is 0.136.